The zero-order chi connectivity index (χ0) is 22.8. The first-order valence-electron chi connectivity index (χ1n) is 13.7. The van der Waals surface area contributed by atoms with Gasteiger partial charge in [0.2, 0.25) is 0 Å². The summed E-state index contributed by atoms with van der Waals surface area (Å²) in [5, 5.41) is 12.2. The molecule has 1 atom stereocenters. The maximum absolute atomic E-state index is 11.9. The number of esters is 1. The minimum atomic E-state index is -0.00222. The number of hydrogen-bond donors (Lipinski definition) is 2. The average molecular weight is 442 g/mol. The first kappa shape index (κ1) is 30.4. The quantitative estimate of drug-likeness (QED) is 0.116. The molecule has 0 fully saturated rings. The van der Waals surface area contributed by atoms with E-state index in [9.17, 15) is 4.79 Å². The van der Waals surface area contributed by atoms with E-state index in [0.717, 1.165) is 57.5 Å². The summed E-state index contributed by atoms with van der Waals surface area (Å²) in [6, 6.07) is 0. The van der Waals surface area contributed by atoms with Gasteiger partial charge in [-0.2, -0.15) is 0 Å². The van der Waals surface area contributed by atoms with Crippen molar-refractivity contribution in [2.24, 2.45) is 5.92 Å². The monoisotopic (exact) mass is 441 g/mol. The van der Waals surface area contributed by atoms with Gasteiger partial charge in [-0.05, 0) is 57.5 Å². The maximum atomic E-state index is 11.9. The molecule has 4 heteroatoms. The number of unbranched alkanes of at least 4 members (excludes halogenated alkanes) is 10. The average Bonchev–Trinajstić information content (AvgIpc) is 2.78. The van der Waals surface area contributed by atoms with Crippen LogP contribution in [0.25, 0.3) is 0 Å². The smallest absolute Gasteiger partial charge is 0.305 e. The summed E-state index contributed by atoms with van der Waals surface area (Å²) in [6.45, 7) is 7.57. The molecular weight excluding hydrogens is 386 g/mol. The Morgan fingerprint density at radius 3 is 1.97 bits per heavy atom. The normalized spacial score (nSPS) is 12.2. The Morgan fingerprint density at radius 1 is 0.710 bits per heavy atom. The summed E-state index contributed by atoms with van der Waals surface area (Å²) in [5.74, 6) is 0.862. The molecule has 0 aromatic rings. The molecule has 0 saturated heterocycles. The number of carbonyl (C=O) groups excluding carboxylic acids is 1. The molecule has 0 aromatic carbocycles. The molecule has 0 aliphatic heterocycles. The van der Waals surface area contributed by atoms with Crippen LogP contribution in [0.5, 0.6) is 0 Å². The topological polar surface area (TPSA) is 58.6 Å². The van der Waals surface area contributed by atoms with Crippen LogP contribution in [0.15, 0.2) is 0 Å². The molecule has 0 aromatic heterocycles. The van der Waals surface area contributed by atoms with Crippen molar-refractivity contribution in [2.75, 3.05) is 26.3 Å². The Balaban J connectivity index is 3.50. The van der Waals surface area contributed by atoms with E-state index in [4.69, 9.17) is 9.84 Å². The van der Waals surface area contributed by atoms with Gasteiger partial charge in [-0.1, -0.05) is 90.9 Å². The third-order valence-corrected chi connectivity index (χ3v) is 6.20. The van der Waals surface area contributed by atoms with Gasteiger partial charge in [0.25, 0.3) is 0 Å². The fourth-order valence-electron chi connectivity index (χ4n) is 4.12. The minimum absolute atomic E-state index is 0.00222. The summed E-state index contributed by atoms with van der Waals surface area (Å²) >= 11 is 0. The van der Waals surface area contributed by atoms with Crippen molar-refractivity contribution in [2.45, 2.75) is 136 Å². The minimum Gasteiger partial charge on any atom is -0.466 e. The van der Waals surface area contributed by atoms with E-state index >= 15 is 0 Å². The fourth-order valence-corrected chi connectivity index (χ4v) is 4.12. The number of nitrogens with one attached hydrogen (secondary N) is 1. The standard InChI is InChI=1S/C27H55NO3/c1-3-5-7-11-19-26(18-6-4-2)20-12-13-21-27(30)31-25-17-9-8-14-22-28-23-15-10-16-24-29/h26,28-29H,3-25H2,1-2H3. The lowest BCUT2D eigenvalue weighted by atomic mass is 9.90. The number of hydrogen-bond acceptors (Lipinski definition) is 4. The van der Waals surface area contributed by atoms with Crippen LogP contribution in [0.1, 0.15) is 136 Å². The van der Waals surface area contributed by atoms with E-state index in [1.165, 1.54) is 77.0 Å². The molecule has 0 heterocycles. The molecule has 186 valence electrons. The second-order valence-electron chi connectivity index (χ2n) is 9.27. The van der Waals surface area contributed by atoms with Gasteiger partial charge in [0.05, 0.1) is 6.61 Å². The van der Waals surface area contributed by atoms with Gasteiger partial charge in [0.1, 0.15) is 0 Å². The van der Waals surface area contributed by atoms with Gasteiger partial charge in [0.15, 0.2) is 0 Å². The van der Waals surface area contributed by atoms with Gasteiger partial charge >= 0.3 is 5.97 Å². The Hall–Kier alpha value is -0.610. The number of carbonyl (C=O) groups is 1. The van der Waals surface area contributed by atoms with E-state index in [-0.39, 0.29) is 5.97 Å². The Labute approximate surface area is 194 Å². The van der Waals surface area contributed by atoms with E-state index in [1.807, 2.05) is 0 Å². The van der Waals surface area contributed by atoms with Crippen molar-refractivity contribution >= 4 is 5.97 Å². The van der Waals surface area contributed by atoms with Crippen LogP contribution in [0.4, 0.5) is 0 Å². The summed E-state index contributed by atoms with van der Waals surface area (Å²) in [6.07, 6.45) is 22.5. The zero-order valence-electron chi connectivity index (χ0n) is 21.1. The molecule has 0 radical (unpaired) electrons. The molecular formula is C27H55NO3. The Bertz CT molecular complexity index is 362. The van der Waals surface area contributed by atoms with Crippen molar-refractivity contribution in [1.29, 1.82) is 0 Å². The number of aliphatic hydroxyl groups is 1. The van der Waals surface area contributed by atoms with Gasteiger partial charge in [0, 0.05) is 13.0 Å². The highest BCUT2D eigenvalue weighted by molar-refractivity contribution is 5.69. The highest BCUT2D eigenvalue weighted by atomic mass is 16.5. The SMILES string of the molecule is CCCCCCC(CCCC)CCCCC(=O)OCCCCCCNCCCCCO. The van der Waals surface area contributed by atoms with Crippen LogP contribution < -0.4 is 5.32 Å². The number of rotatable bonds is 25. The van der Waals surface area contributed by atoms with Crippen molar-refractivity contribution < 1.29 is 14.6 Å². The molecule has 0 amide bonds. The van der Waals surface area contributed by atoms with Gasteiger partial charge in [-0.3, -0.25) is 4.79 Å². The molecule has 0 bridgehead atoms. The lowest BCUT2D eigenvalue weighted by Gasteiger charge is -2.16. The Kier molecular flexibility index (Phi) is 25.1. The summed E-state index contributed by atoms with van der Waals surface area (Å²) in [4.78, 5) is 11.9. The lowest BCUT2D eigenvalue weighted by molar-refractivity contribution is -0.143. The molecule has 0 spiro atoms. The predicted octanol–water partition coefficient (Wildman–Crippen LogP) is 7.18. The highest BCUT2D eigenvalue weighted by Gasteiger charge is 2.09. The lowest BCUT2D eigenvalue weighted by Crippen LogP contribution is -2.16. The van der Waals surface area contributed by atoms with Crippen LogP contribution >= 0.6 is 0 Å². The molecule has 0 rings (SSSR count). The summed E-state index contributed by atoms with van der Waals surface area (Å²) in [7, 11) is 0. The first-order chi connectivity index (χ1) is 15.2. The van der Waals surface area contributed by atoms with Crippen molar-refractivity contribution in [3.05, 3.63) is 0 Å². The third kappa shape index (κ3) is 23.9. The second kappa shape index (κ2) is 25.6. The van der Waals surface area contributed by atoms with Gasteiger partial charge in [-0.15, -0.1) is 0 Å². The zero-order valence-corrected chi connectivity index (χ0v) is 21.1. The van der Waals surface area contributed by atoms with Crippen molar-refractivity contribution in [3.8, 4) is 0 Å². The molecule has 2 N–H and O–H groups in total. The van der Waals surface area contributed by atoms with E-state index in [1.54, 1.807) is 0 Å². The van der Waals surface area contributed by atoms with Crippen LogP contribution in [-0.2, 0) is 9.53 Å². The van der Waals surface area contributed by atoms with E-state index in [0.29, 0.717) is 19.6 Å². The van der Waals surface area contributed by atoms with Crippen LogP contribution in [0.2, 0.25) is 0 Å². The van der Waals surface area contributed by atoms with Gasteiger partial charge < -0.3 is 15.2 Å². The molecule has 0 saturated carbocycles. The van der Waals surface area contributed by atoms with Crippen LogP contribution in [0, 0.1) is 5.92 Å². The van der Waals surface area contributed by atoms with Crippen molar-refractivity contribution in [3.63, 3.8) is 0 Å². The second-order valence-corrected chi connectivity index (χ2v) is 9.27. The molecule has 1 unspecified atom stereocenters. The Morgan fingerprint density at radius 2 is 1.29 bits per heavy atom. The number of ether oxygens (including phenoxy) is 1. The third-order valence-electron chi connectivity index (χ3n) is 6.20. The molecule has 0 aliphatic rings. The largest absolute Gasteiger partial charge is 0.466 e. The molecule has 4 nitrogen and oxygen atoms in total. The van der Waals surface area contributed by atoms with E-state index in [2.05, 4.69) is 19.2 Å². The van der Waals surface area contributed by atoms with Gasteiger partial charge in [-0.25, -0.2) is 0 Å². The summed E-state index contributed by atoms with van der Waals surface area (Å²) in [5.41, 5.74) is 0. The highest BCUT2D eigenvalue weighted by Crippen LogP contribution is 2.23. The predicted molar refractivity (Wildman–Crippen MR) is 133 cm³/mol. The fraction of sp³-hybridized carbons (Fsp3) is 0.963. The van der Waals surface area contributed by atoms with Crippen LogP contribution in [0.3, 0.4) is 0 Å². The number of aliphatic hydroxyl groups excluding tert-OH is 1. The first-order valence-corrected chi connectivity index (χ1v) is 13.7. The molecule has 0 aliphatic carbocycles. The van der Waals surface area contributed by atoms with E-state index < -0.39 is 0 Å². The van der Waals surface area contributed by atoms with Crippen molar-refractivity contribution in [1.82, 2.24) is 5.32 Å². The molecule has 31 heavy (non-hydrogen) atoms. The maximum Gasteiger partial charge on any atom is 0.305 e. The van der Waals surface area contributed by atoms with Crippen LogP contribution in [-0.4, -0.2) is 37.4 Å². The summed E-state index contributed by atoms with van der Waals surface area (Å²) < 4.78 is 5.41.